The van der Waals surface area contributed by atoms with Gasteiger partial charge in [-0.05, 0) is 49.4 Å². The number of imide groups is 1. The van der Waals surface area contributed by atoms with Crippen molar-refractivity contribution in [2.24, 2.45) is 0 Å². The lowest BCUT2D eigenvalue weighted by molar-refractivity contribution is 0.0474. The minimum atomic E-state index is -0.788. The van der Waals surface area contributed by atoms with E-state index in [2.05, 4.69) is 4.74 Å². The Morgan fingerprint density at radius 3 is 1.97 bits per heavy atom. The topological polar surface area (TPSA) is 107 Å². The number of hydrogen-bond acceptors (Lipinski definition) is 7. The van der Waals surface area contributed by atoms with Crippen LogP contribution in [0.25, 0.3) is 0 Å². The molecule has 1 heterocycles. The van der Waals surface area contributed by atoms with Crippen molar-refractivity contribution in [1.82, 2.24) is 0 Å². The number of ether oxygens (including phenoxy) is 2. The minimum Gasteiger partial charge on any atom is -0.465 e. The number of methoxy groups -OCH3 is 1. The zero-order valence-electron chi connectivity index (χ0n) is 18.4. The summed E-state index contributed by atoms with van der Waals surface area (Å²) in [7, 11) is 1.25. The standard InChI is InChI=1S/C26H19NO7/c1-15-3-5-16(6-4-15)22(28)14-34-26(32)18-9-12-20-21(13-18)24(30)27(23(20)29)19-10-7-17(8-11-19)25(31)33-2/h3-13H,14H2,1-2H3. The van der Waals surface area contributed by atoms with Crippen molar-refractivity contribution in [2.45, 2.75) is 6.92 Å². The van der Waals surface area contributed by atoms with E-state index in [-0.39, 0.29) is 33.7 Å². The van der Waals surface area contributed by atoms with Gasteiger partial charge in [0.2, 0.25) is 0 Å². The lowest BCUT2D eigenvalue weighted by Gasteiger charge is -2.14. The largest absolute Gasteiger partial charge is 0.465 e. The maximum atomic E-state index is 12.9. The molecule has 0 radical (unpaired) electrons. The van der Waals surface area contributed by atoms with Crippen LogP contribution in [0.3, 0.4) is 0 Å². The first kappa shape index (κ1) is 22.6. The van der Waals surface area contributed by atoms with E-state index in [4.69, 9.17) is 4.74 Å². The van der Waals surface area contributed by atoms with Gasteiger partial charge >= 0.3 is 11.9 Å². The highest BCUT2D eigenvalue weighted by atomic mass is 16.5. The molecule has 34 heavy (non-hydrogen) atoms. The monoisotopic (exact) mass is 457 g/mol. The molecule has 0 N–H and O–H groups in total. The molecule has 0 aliphatic carbocycles. The van der Waals surface area contributed by atoms with E-state index in [1.165, 1.54) is 49.6 Å². The molecule has 8 nitrogen and oxygen atoms in total. The van der Waals surface area contributed by atoms with Gasteiger partial charge in [0.05, 0.1) is 35.1 Å². The van der Waals surface area contributed by atoms with E-state index in [0.717, 1.165) is 10.5 Å². The summed E-state index contributed by atoms with van der Waals surface area (Å²) in [4.78, 5) is 63.0. The van der Waals surface area contributed by atoms with Gasteiger partial charge in [0.15, 0.2) is 12.4 Å². The quantitative estimate of drug-likeness (QED) is 0.316. The predicted octanol–water partition coefficient (Wildman–Crippen LogP) is 3.62. The molecule has 8 heteroatoms. The van der Waals surface area contributed by atoms with Crippen LogP contribution in [0.2, 0.25) is 0 Å². The number of esters is 2. The molecule has 0 atom stereocenters. The molecule has 1 aliphatic heterocycles. The van der Waals surface area contributed by atoms with Crippen LogP contribution in [0.15, 0.2) is 66.7 Å². The second kappa shape index (κ2) is 9.11. The van der Waals surface area contributed by atoms with Crippen molar-refractivity contribution < 1.29 is 33.4 Å². The van der Waals surface area contributed by atoms with Gasteiger partial charge in [0.25, 0.3) is 11.8 Å². The molecule has 0 bridgehead atoms. The van der Waals surface area contributed by atoms with Gasteiger partial charge in [-0.1, -0.05) is 29.8 Å². The Labute approximate surface area is 194 Å². The number of amides is 2. The number of carbonyl (C=O) groups is 5. The molecule has 0 aromatic heterocycles. The Morgan fingerprint density at radius 2 is 1.32 bits per heavy atom. The van der Waals surface area contributed by atoms with E-state index < -0.39 is 30.4 Å². The summed E-state index contributed by atoms with van der Waals surface area (Å²) >= 11 is 0. The van der Waals surface area contributed by atoms with Gasteiger partial charge in [-0.2, -0.15) is 0 Å². The fourth-order valence-electron chi connectivity index (χ4n) is 3.50. The van der Waals surface area contributed by atoms with Gasteiger partial charge in [0.1, 0.15) is 0 Å². The molecule has 3 aromatic carbocycles. The van der Waals surface area contributed by atoms with Crippen LogP contribution < -0.4 is 4.90 Å². The van der Waals surface area contributed by atoms with Gasteiger partial charge < -0.3 is 9.47 Å². The summed E-state index contributed by atoms with van der Waals surface area (Å²) in [5.74, 6) is -2.86. The molecule has 4 rings (SSSR count). The molecule has 1 aliphatic rings. The fourth-order valence-corrected chi connectivity index (χ4v) is 3.50. The summed E-state index contributed by atoms with van der Waals surface area (Å²) in [6.07, 6.45) is 0. The summed E-state index contributed by atoms with van der Waals surface area (Å²) < 4.78 is 9.76. The maximum Gasteiger partial charge on any atom is 0.338 e. The van der Waals surface area contributed by atoms with Crippen LogP contribution in [-0.4, -0.2) is 43.3 Å². The van der Waals surface area contributed by atoms with Crippen LogP contribution in [0, 0.1) is 6.92 Å². The number of ketones is 1. The highest BCUT2D eigenvalue weighted by Gasteiger charge is 2.37. The summed E-state index contributed by atoms with van der Waals surface area (Å²) in [6, 6.07) is 16.7. The Bertz CT molecular complexity index is 1320. The average molecular weight is 457 g/mol. The van der Waals surface area contributed by atoms with Gasteiger partial charge in [0, 0.05) is 5.56 Å². The Morgan fingerprint density at radius 1 is 0.735 bits per heavy atom. The Balaban J connectivity index is 1.49. The Kier molecular flexibility index (Phi) is 6.05. The third-order valence-corrected chi connectivity index (χ3v) is 5.38. The van der Waals surface area contributed by atoms with Gasteiger partial charge in [-0.25, -0.2) is 14.5 Å². The molecule has 0 saturated heterocycles. The van der Waals surface area contributed by atoms with Gasteiger partial charge in [-0.15, -0.1) is 0 Å². The van der Waals surface area contributed by atoms with E-state index in [0.29, 0.717) is 5.56 Å². The third kappa shape index (κ3) is 4.21. The summed E-state index contributed by atoms with van der Waals surface area (Å²) in [5.41, 5.74) is 2.18. The highest BCUT2D eigenvalue weighted by molar-refractivity contribution is 6.34. The first-order valence-electron chi connectivity index (χ1n) is 10.3. The zero-order chi connectivity index (χ0) is 24.4. The first-order valence-corrected chi connectivity index (χ1v) is 10.3. The molecule has 3 aromatic rings. The normalized spacial score (nSPS) is 12.4. The third-order valence-electron chi connectivity index (χ3n) is 5.38. The predicted molar refractivity (Wildman–Crippen MR) is 121 cm³/mol. The lowest BCUT2D eigenvalue weighted by Crippen LogP contribution is -2.29. The molecular weight excluding hydrogens is 438 g/mol. The smallest absolute Gasteiger partial charge is 0.338 e. The molecular formula is C26H19NO7. The molecule has 0 fully saturated rings. The first-order chi connectivity index (χ1) is 16.3. The number of nitrogens with zero attached hydrogens (tertiary/aromatic N) is 1. The number of carbonyl (C=O) groups excluding carboxylic acids is 5. The second-order valence-electron chi connectivity index (χ2n) is 7.61. The van der Waals surface area contributed by atoms with Crippen molar-refractivity contribution in [2.75, 3.05) is 18.6 Å². The SMILES string of the molecule is COC(=O)c1ccc(N2C(=O)c3ccc(C(=O)OCC(=O)c4ccc(C)cc4)cc3C2=O)cc1. The van der Waals surface area contributed by atoms with Gasteiger partial charge in [-0.3, -0.25) is 14.4 Å². The van der Waals surface area contributed by atoms with Crippen LogP contribution in [0.1, 0.15) is 57.4 Å². The number of rotatable bonds is 6. The zero-order valence-corrected chi connectivity index (χ0v) is 18.4. The molecule has 2 amide bonds. The van der Waals surface area contributed by atoms with Crippen LogP contribution in [0.4, 0.5) is 5.69 Å². The van der Waals surface area contributed by atoms with Crippen LogP contribution in [0.5, 0.6) is 0 Å². The van der Waals surface area contributed by atoms with Crippen molar-refractivity contribution in [3.8, 4) is 0 Å². The molecule has 0 spiro atoms. The van der Waals surface area contributed by atoms with E-state index in [1.807, 2.05) is 6.92 Å². The minimum absolute atomic E-state index is 0.0412. The lowest BCUT2D eigenvalue weighted by atomic mass is 10.1. The number of fused-ring (bicyclic) bond motifs is 1. The average Bonchev–Trinajstić information content (AvgIpc) is 3.11. The number of benzene rings is 3. The Hall–Kier alpha value is -4.59. The molecule has 0 unspecified atom stereocenters. The van der Waals surface area contributed by atoms with E-state index in [9.17, 15) is 24.0 Å². The molecule has 170 valence electrons. The number of Topliss-reactive ketones (excluding diaryl/α,β-unsaturated/α-hetero) is 1. The number of anilines is 1. The van der Waals surface area contributed by atoms with Crippen molar-refractivity contribution in [3.05, 3.63) is 100 Å². The summed E-state index contributed by atoms with van der Waals surface area (Å²) in [6.45, 7) is 1.44. The fraction of sp³-hybridized carbons (Fsp3) is 0.115. The van der Waals surface area contributed by atoms with Crippen molar-refractivity contribution >= 4 is 35.2 Å². The maximum absolute atomic E-state index is 12.9. The number of aryl methyl sites for hydroxylation is 1. The van der Waals surface area contributed by atoms with Crippen molar-refractivity contribution in [3.63, 3.8) is 0 Å². The molecule has 0 saturated carbocycles. The van der Waals surface area contributed by atoms with E-state index in [1.54, 1.807) is 24.3 Å². The van der Waals surface area contributed by atoms with Crippen LogP contribution in [-0.2, 0) is 9.47 Å². The second-order valence-corrected chi connectivity index (χ2v) is 7.61. The highest BCUT2D eigenvalue weighted by Crippen LogP contribution is 2.29. The summed E-state index contributed by atoms with van der Waals surface area (Å²) in [5, 5.41) is 0. The number of hydrogen-bond donors (Lipinski definition) is 0. The van der Waals surface area contributed by atoms with Crippen molar-refractivity contribution in [1.29, 1.82) is 0 Å². The van der Waals surface area contributed by atoms with Crippen LogP contribution >= 0.6 is 0 Å². The van der Waals surface area contributed by atoms with E-state index >= 15 is 0 Å².